The third-order valence-electron chi connectivity index (χ3n) is 4.74. The Labute approximate surface area is 178 Å². The lowest BCUT2D eigenvalue weighted by Gasteiger charge is -2.18. The largest absolute Gasteiger partial charge is 0.294 e. The topological polar surface area (TPSA) is 81.5 Å². The summed E-state index contributed by atoms with van der Waals surface area (Å²) >= 11 is 0. The Kier molecular flexibility index (Phi) is 6.06. The minimum absolute atomic E-state index is 0.0480. The number of Topliss-reactive ketones (excluding diaryl/α,β-unsaturated/α-hetero) is 1. The van der Waals surface area contributed by atoms with Crippen molar-refractivity contribution < 1.29 is 4.79 Å². The molecular formula is C24H29N5O. The molecule has 0 aliphatic carbocycles. The maximum Gasteiger partial charge on any atom is 0.168 e. The summed E-state index contributed by atoms with van der Waals surface area (Å²) in [6.07, 6.45) is 7.05. The van der Waals surface area contributed by atoms with Gasteiger partial charge in [0.05, 0.1) is 11.4 Å². The molecule has 0 fully saturated rings. The van der Waals surface area contributed by atoms with Gasteiger partial charge in [-0.05, 0) is 12.1 Å². The molecule has 3 heterocycles. The van der Waals surface area contributed by atoms with Crippen LogP contribution < -0.4 is 0 Å². The predicted octanol–water partition coefficient (Wildman–Crippen LogP) is 5.47. The van der Waals surface area contributed by atoms with E-state index in [1.165, 1.54) is 0 Å². The van der Waals surface area contributed by atoms with Crippen LogP contribution >= 0.6 is 0 Å². The number of nitrogens with zero attached hydrogens (tertiary/aromatic N) is 5. The molecule has 0 amide bonds. The molecule has 3 aromatic rings. The van der Waals surface area contributed by atoms with Crippen molar-refractivity contribution in [2.24, 2.45) is 5.41 Å². The Balaban J connectivity index is 2.12. The highest BCUT2D eigenvalue weighted by atomic mass is 16.1. The van der Waals surface area contributed by atoms with E-state index in [0.29, 0.717) is 17.0 Å². The van der Waals surface area contributed by atoms with E-state index in [1.54, 1.807) is 24.8 Å². The molecule has 3 rings (SSSR count). The fraction of sp³-hybridized carbons (Fsp3) is 0.417. The van der Waals surface area contributed by atoms with Crippen molar-refractivity contribution in [3.63, 3.8) is 0 Å². The van der Waals surface area contributed by atoms with Crippen LogP contribution in [0, 0.1) is 5.41 Å². The molecule has 0 N–H and O–H groups in total. The molecule has 0 saturated carbocycles. The molecular weight excluding hydrogens is 374 g/mol. The predicted molar refractivity (Wildman–Crippen MR) is 118 cm³/mol. The number of carbonyl (C=O) groups is 1. The first-order valence-electron chi connectivity index (χ1n) is 10.3. The van der Waals surface area contributed by atoms with E-state index in [4.69, 9.17) is 4.98 Å². The Bertz CT molecular complexity index is 963. The molecule has 0 bridgehead atoms. The zero-order valence-electron chi connectivity index (χ0n) is 18.8. The van der Waals surface area contributed by atoms with E-state index in [2.05, 4.69) is 47.6 Å². The molecule has 0 aliphatic rings. The van der Waals surface area contributed by atoms with Crippen molar-refractivity contribution in [2.45, 2.75) is 60.3 Å². The normalized spacial score (nSPS) is 11.9. The number of ketones is 1. The van der Waals surface area contributed by atoms with Crippen LogP contribution in [0.15, 0.2) is 36.9 Å². The minimum atomic E-state index is -0.508. The SMILES string of the molecule is CC(C)c1ncc(-c2cc(C(=O)C(C)(C)C)cc(-c3cnc(C(C)C)nc3)n2)cn1. The average molecular weight is 404 g/mol. The monoisotopic (exact) mass is 403 g/mol. The van der Waals surface area contributed by atoms with Crippen LogP contribution in [0.25, 0.3) is 22.5 Å². The second-order valence-corrected chi connectivity index (χ2v) is 9.17. The van der Waals surface area contributed by atoms with Gasteiger partial charge in [-0.3, -0.25) is 4.79 Å². The first-order valence-corrected chi connectivity index (χ1v) is 10.3. The number of rotatable bonds is 5. The number of pyridine rings is 1. The first-order chi connectivity index (χ1) is 14.1. The van der Waals surface area contributed by atoms with E-state index in [9.17, 15) is 4.79 Å². The lowest BCUT2D eigenvalue weighted by Crippen LogP contribution is -2.20. The van der Waals surface area contributed by atoms with Gasteiger partial charge in [0.2, 0.25) is 0 Å². The second kappa shape index (κ2) is 8.38. The summed E-state index contributed by atoms with van der Waals surface area (Å²) in [5, 5.41) is 0. The fourth-order valence-corrected chi connectivity index (χ4v) is 2.93. The molecule has 0 aliphatic heterocycles. The lowest BCUT2D eigenvalue weighted by atomic mass is 9.86. The highest BCUT2D eigenvalue weighted by Crippen LogP contribution is 2.28. The number of aromatic nitrogens is 5. The van der Waals surface area contributed by atoms with Crippen LogP contribution in [0.2, 0.25) is 0 Å². The van der Waals surface area contributed by atoms with Crippen LogP contribution in [0.4, 0.5) is 0 Å². The van der Waals surface area contributed by atoms with Crippen molar-refractivity contribution in [1.82, 2.24) is 24.9 Å². The molecule has 6 heteroatoms. The average Bonchev–Trinajstić information content (AvgIpc) is 2.72. The Morgan fingerprint density at radius 1 is 0.733 bits per heavy atom. The first kappa shape index (κ1) is 21.7. The molecule has 0 spiro atoms. The summed E-state index contributed by atoms with van der Waals surface area (Å²) in [5.41, 5.74) is 2.94. The quantitative estimate of drug-likeness (QED) is 0.525. The standard InChI is InChI=1S/C24H29N5O/c1-14(2)22-25-10-17(11-26-22)19-8-16(21(30)24(5,6)7)9-20(29-19)18-12-27-23(15(3)4)28-13-18/h8-15H,1-7H3. The Morgan fingerprint density at radius 3 is 1.40 bits per heavy atom. The van der Waals surface area contributed by atoms with Gasteiger partial charge in [-0.2, -0.15) is 0 Å². The van der Waals surface area contributed by atoms with Gasteiger partial charge in [0.15, 0.2) is 5.78 Å². The van der Waals surface area contributed by atoms with E-state index >= 15 is 0 Å². The highest BCUT2D eigenvalue weighted by molar-refractivity contribution is 6.01. The maximum atomic E-state index is 13.0. The molecule has 156 valence electrons. The molecule has 6 nitrogen and oxygen atoms in total. The number of carbonyl (C=O) groups excluding carboxylic acids is 1. The summed E-state index contributed by atoms with van der Waals surface area (Å²) in [6, 6.07) is 3.63. The van der Waals surface area contributed by atoms with Crippen molar-refractivity contribution in [3.8, 4) is 22.5 Å². The molecule has 0 aromatic carbocycles. The van der Waals surface area contributed by atoms with Crippen LogP contribution in [-0.2, 0) is 0 Å². The van der Waals surface area contributed by atoms with Crippen molar-refractivity contribution in [2.75, 3.05) is 0 Å². The summed E-state index contributed by atoms with van der Waals surface area (Å²) in [6.45, 7) is 13.9. The van der Waals surface area contributed by atoms with Crippen LogP contribution in [0.1, 0.15) is 82.3 Å². The van der Waals surface area contributed by atoms with Crippen molar-refractivity contribution >= 4 is 5.78 Å². The van der Waals surface area contributed by atoms with Crippen LogP contribution in [-0.4, -0.2) is 30.7 Å². The molecule has 0 saturated heterocycles. The molecule has 0 radical (unpaired) electrons. The number of hydrogen-bond acceptors (Lipinski definition) is 6. The Hall–Kier alpha value is -3.02. The molecule has 3 aromatic heterocycles. The lowest BCUT2D eigenvalue weighted by molar-refractivity contribution is 0.0858. The van der Waals surface area contributed by atoms with E-state index in [1.807, 2.05) is 32.9 Å². The van der Waals surface area contributed by atoms with Gasteiger partial charge in [-0.1, -0.05) is 48.5 Å². The van der Waals surface area contributed by atoms with Gasteiger partial charge in [-0.25, -0.2) is 24.9 Å². The zero-order chi connectivity index (χ0) is 22.1. The fourth-order valence-electron chi connectivity index (χ4n) is 2.93. The number of hydrogen-bond donors (Lipinski definition) is 0. The van der Waals surface area contributed by atoms with E-state index < -0.39 is 5.41 Å². The minimum Gasteiger partial charge on any atom is -0.294 e. The van der Waals surface area contributed by atoms with Gasteiger partial charge in [0.1, 0.15) is 11.6 Å². The van der Waals surface area contributed by atoms with E-state index in [0.717, 1.165) is 22.8 Å². The maximum absolute atomic E-state index is 13.0. The van der Waals surface area contributed by atoms with Crippen molar-refractivity contribution in [3.05, 3.63) is 54.1 Å². The molecule has 30 heavy (non-hydrogen) atoms. The Morgan fingerprint density at radius 2 is 1.10 bits per heavy atom. The smallest absolute Gasteiger partial charge is 0.168 e. The van der Waals surface area contributed by atoms with Gasteiger partial charge in [0.25, 0.3) is 0 Å². The summed E-state index contributed by atoms with van der Waals surface area (Å²) in [5.74, 6) is 2.09. The zero-order valence-corrected chi connectivity index (χ0v) is 18.8. The molecule has 0 unspecified atom stereocenters. The van der Waals surface area contributed by atoms with Gasteiger partial charge >= 0.3 is 0 Å². The van der Waals surface area contributed by atoms with Crippen molar-refractivity contribution in [1.29, 1.82) is 0 Å². The third kappa shape index (κ3) is 4.75. The van der Waals surface area contributed by atoms with Gasteiger partial charge in [-0.15, -0.1) is 0 Å². The highest BCUT2D eigenvalue weighted by Gasteiger charge is 2.24. The van der Waals surface area contributed by atoms with Gasteiger partial charge in [0, 0.05) is 58.7 Å². The van der Waals surface area contributed by atoms with E-state index in [-0.39, 0.29) is 17.6 Å². The summed E-state index contributed by atoms with van der Waals surface area (Å²) < 4.78 is 0. The van der Waals surface area contributed by atoms with Crippen LogP contribution in [0.5, 0.6) is 0 Å². The van der Waals surface area contributed by atoms with Gasteiger partial charge < -0.3 is 0 Å². The molecule has 0 atom stereocenters. The second-order valence-electron chi connectivity index (χ2n) is 9.17. The summed E-state index contributed by atoms with van der Waals surface area (Å²) in [4.78, 5) is 35.6. The third-order valence-corrected chi connectivity index (χ3v) is 4.74. The summed E-state index contributed by atoms with van der Waals surface area (Å²) in [7, 11) is 0. The van der Waals surface area contributed by atoms with Crippen LogP contribution in [0.3, 0.4) is 0 Å².